The van der Waals surface area contributed by atoms with E-state index in [1.165, 1.54) is 23.5 Å². The summed E-state index contributed by atoms with van der Waals surface area (Å²) < 4.78 is 21.4. The number of amides is 1. The maximum absolute atomic E-state index is 13.2. The molecule has 0 aliphatic carbocycles. The Morgan fingerprint density at radius 3 is 3.09 bits per heavy atom. The van der Waals surface area contributed by atoms with Gasteiger partial charge in [0, 0.05) is 30.2 Å². The highest BCUT2D eigenvalue weighted by molar-refractivity contribution is 7.20. The number of imidazole rings is 1. The maximum Gasteiger partial charge on any atom is 0.261 e. The number of nitrogens with one attached hydrogen (secondary N) is 1. The van der Waals surface area contributed by atoms with Crippen LogP contribution in [0.3, 0.4) is 0 Å². The van der Waals surface area contributed by atoms with E-state index >= 15 is 0 Å². The highest BCUT2D eigenvalue weighted by Gasteiger charge is 2.10. The van der Waals surface area contributed by atoms with E-state index in [-0.39, 0.29) is 11.7 Å². The van der Waals surface area contributed by atoms with E-state index in [9.17, 15) is 9.18 Å². The fourth-order valence-electron chi connectivity index (χ4n) is 2.14. The Labute approximate surface area is 136 Å². The monoisotopic (exact) mass is 333 g/mol. The summed E-state index contributed by atoms with van der Waals surface area (Å²) in [6.07, 6.45) is 5.32. The molecule has 0 atom stereocenters. The van der Waals surface area contributed by atoms with Gasteiger partial charge in [0.1, 0.15) is 5.82 Å². The molecule has 2 heterocycles. The topological polar surface area (TPSA) is 56.1 Å². The summed E-state index contributed by atoms with van der Waals surface area (Å²) in [5.74, 6) is -0.460. The van der Waals surface area contributed by atoms with Crippen molar-refractivity contribution in [2.75, 3.05) is 19.8 Å². The number of halogens is 1. The zero-order chi connectivity index (χ0) is 16.1. The van der Waals surface area contributed by atoms with E-state index in [0.29, 0.717) is 24.6 Å². The molecule has 0 saturated carbocycles. The van der Waals surface area contributed by atoms with Crippen molar-refractivity contribution in [3.05, 3.63) is 53.7 Å². The molecule has 7 heteroatoms. The van der Waals surface area contributed by atoms with Crippen molar-refractivity contribution in [3.63, 3.8) is 0 Å². The van der Waals surface area contributed by atoms with Crippen molar-refractivity contribution in [1.82, 2.24) is 14.9 Å². The summed E-state index contributed by atoms with van der Waals surface area (Å²) in [5, 5.41) is 3.55. The zero-order valence-electron chi connectivity index (χ0n) is 12.4. The fraction of sp³-hybridized carbons (Fsp3) is 0.250. The van der Waals surface area contributed by atoms with Crippen LogP contribution in [-0.2, 0) is 11.3 Å². The smallest absolute Gasteiger partial charge is 0.261 e. The molecule has 5 nitrogen and oxygen atoms in total. The molecule has 0 saturated heterocycles. The molecule has 0 fully saturated rings. The Morgan fingerprint density at radius 2 is 2.26 bits per heavy atom. The van der Waals surface area contributed by atoms with Crippen LogP contribution in [0, 0.1) is 5.82 Å². The van der Waals surface area contributed by atoms with E-state index in [1.807, 2.05) is 10.8 Å². The number of carbonyl (C=O) groups is 1. The maximum atomic E-state index is 13.2. The van der Waals surface area contributed by atoms with Crippen LogP contribution >= 0.6 is 11.3 Å². The average molecular weight is 333 g/mol. The summed E-state index contributed by atoms with van der Waals surface area (Å²) >= 11 is 1.35. The van der Waals surface area contributed by atoms with Crippen LogP contribution in [0.2, 0.25) is 0 Å². The Bertz CT molecular complexity index is 786. The van der Waals surface area contributed by atoms with Crippen LogP contribution in [0.1, 0.15) is 9.67 Å². The van der Waals surface area contributed by atoms with Gasteiger partial charge in [0.2, 0.25) is 0 Å². The molecule has 3 rings (SSSR count). The number of fused-ring (bicyclic) bond motifs is 1. The molecule has 0 radical (unpaired) electrons. The Morgan fingerprint density at radius 1 is 1.35 bits per heavy atom. The number of carbonyl (C=O) groups excluding carboxylic acids is 1. The molecule has 1 aromatic carbocycles. The lowest BCUT2D eigenvalue weighted by Gasteiger charge is -2.06. The average Bonchev–Trinajstić information content (AvgIpc) is 3.19. The molecule has 1 N–H and O–H groups in total. The number of thiophene rings is 1. The van der Waals surface area contributed by atoms with Gasteiger partial charge in [-0.1, -0.05) is 0 Å². The van der Waals surface area contributed by atoms with E-state index in [2.05, 4.69) is 10.3 Å². The van der Waals surface area contributed by atoms with Crippen LogP contribution in [-0.4, -0.2) is 35.2 Å². The Kier molecular flexibility index (Phi) is 4.99. The van der Waals surface area contributed by atoms with Crippen LogP contribution in [0.25, 0.3) is 10.1 Å². The van der Waals surface area contributed by atoms with Gasteiger partial charge in [-0.05, 0) is 29.7 Å². The molecule has 0 aliphatic heterocycles. The van der Waals surface area contributed by atoms with Crippen molar-refractivity contribution < 1.29 is 13.9 Å². The molecule has 0 unspecified atom stereocenters. The first kappa shape index (κ1) is 15.6. The summed E-state index contributed by atoms with van der Waals surface area (Å²) in [6.45, 7) is 2.18. The van der Waals surface area contributed by atoms with Crippen LogP contribution in [0.5, 0.6) is 0 Å². The Balaban J connectivity index is 1.41. The van der Waals surface area contributed by atoms with Gasteiger partial charge < -0.3 is 14.6 Å². The predicted octanol–water partition coefficient (Wildman–Crippen LogP) is 2.68. The lowest BCUT2D eigenvalue weighted by atomic mass is 10.2. The first-order chi connectivity index (χ1) is 11.2. The molecular formula is C16H16FN3O2S. The van der Waals surface area contributed by atoms with Gasteiger partial charge in [-0.3, -0.25) is 4.79 Å². The first-order valence-electron chi connectivity index (χ1n) is 7.23. The lowest BCUT2D eigenvalue weighted by Crippen LogP contribution is -2.26. The number of rotatable bonds is 7. The number of aromatic nitrogens is 2. The third-order valence-electron chi connectivity index (χ3n) is 3.29. The fourth-order valence-corrected chi connectivity index (χ4v) is 3.10. The molecule has 23 heavy (non-hydrogen) atoms. The SMILES string of the molecule is O=C(NCCOCCn1ccnc1)c1cc2cc(F)ccc2s1. The van der Waals surface area contributed by atoms with Crippen LogP contribution in [0.15, 0.2) is 43.0 Å². The minimum Gasteiger partial charge on any atom is -0.378 e. The first-order valence-corrected chi connectivity index (χ1v) is 8.05. The highest BCUT2D eigenvalue weighted by Crippen LogP contribution is 2.26. The quantitative estimate of drug-likeness (QED) is 0.676. The van der Waals surface area contributed by atoms with Crippen molar-refractivity contribution in [1.29, 1.82) is 0 Å². The summed E-state index contributed by atoms with van der Waals surface area (Å²) in [7, 11) is 0. The van der Waals surface area contributed by atoms with Gasteiger partial charge in [0.25, 0.3) is 5.91 Å². The number of ether oxygens (including phenoxy) is 1. The standard InChI is InChI=1S/C16H16FN3O2S/c17-13-1-2-14-12(9-13)10-15(23-14)16(21)19-4-7-22-8-6-20-5-3-18-11-20/h1-3,5,9-11H,4,6-8H2,(H,19,21). The second-order valence-corrected chi connectivity index (χ2v) is 6.05. The third-order valence-corrected chi connectivity index (χ3v) is 4.40. The molecule has 120 valence electrons. The molecule has 0 bridgehead atoms. The molecule has 2 aromatic heterocycles. The summed E-state index contributed by atoms with van der Waals surface area (Å²) in [4.78, 5) is 16.6. The number of nitrogens with zero attached hydrogens (tertiary/aromatic N) is 2. The second-order valence-electron chi connectivity index (χ2n) is 4.96. The Hall–Kier alpha value is -2.25. The summed E-state index contributed by atoms with van der Waals surface area (Å²) in [5.41, 5.74) is 0. The molecule has 3 aromatic rings. The van der Waals surface area contributed by atoms with Crippen LogP contribution in [0.4, 0.5) is 4.39 Å². The summed E-state index contributed by atoms with van der Waals surface area (Å²) in [6, 6.07) is 6.22. The van der Waals surface area contributed by atoms with Crippen molar-refractivity contribution in [3.8, 4) is 0 Å². The largest absolute Gasteiger partial charge is 0.378 e. The van der Waals surface area contributed by atoms with Gasteiger partial charge in [-0.15, -0.1) is 11.3 Å². The normalized spacial score (nSPS) is 11.0. The number of hydrogen-bond donors (Lipinski definition) is 1. The molecule has 1 amide bonds. The van der Waals surface area contributed by atoms with Gasteiger partial charge in [0.05, 0.1) is 24.4 Å². The third kappa shape index (κ3) is 4.14. The van der Waals surface area contributed by atoms with Crippen molar-refractivity contribution in [2.45, 2.75) is 6.54 Å². The van der Waals surface area contributed by atoms with Gasteiger partial charge in [-0.2, -0.15) is 0 Å². The van der Waals surface area contributed by atoms with E-state index < -0.39 is 0 Å². The number of benzene rings is 1. The number of hydrogen-bond acceptors (Lipinski definition) is 4. The van der Waals surface area contributed by atoms with Gasteiger partial charge in [0.15, 0.2) is 0 Å². The second kappa shape index (κ2) is 7.34. The van der Waals surface area contributed by atoms with E-state index in [4.69, 9.17) is 4.74 Å². The van der Waals surface area contributed by atoms with Gasteiger partial charge >= 0.3 is 0 Å². The van der Waals surface area contributed by atoms with Crippen molar-refractivity contribution in [2.24, 2.45) is 0 Å². The van der Waals surface area contributed by atoms with E-state index in [1.54, 1.807) is 24.7 Å². The molecule has 0 aliphatic rings. The van der Waals surface area contributed by atoms with E-state index in [0.717, 1.165) is 16.6 Å². The highest BCUT2D eigenvalue weighted by atomic mass is 32.1. The zero-order valence-corrected chi connectivity index (χ0v) is 13.2. The van der Waals surface area contributed by atoms with Crippen molar-refractivity contribution >= 4 is 27.3 Å². The molecular weight excluding hydrogens is 317 g/mol. The lowest BCUT2D eigenvalue weighted by molar-refractivity contribution is 0.0912. The minimum atomic E-state index is -0.298. The molecule has 0 spiro atoms. The minimum absolute atomic E-state index is 0.162. The van der Waals surface area contributed by atoms with Crippen LogP contribution < -0.4 is 5.32 Å². The van der Waals surface area contributed by atoms with Gasteiger partial charge in [-0.25, -0.2) is 9.37 Å². The predicted molar refractivity (Wildman–Crippen MR) is 87.2 cm³/mol.